The average molecular weight is 367 g/mol. The largest absolute Gasteiger partial charge is 0.337 e. The minimum Gasteiger partial charge on any atom is -0.337 e. The summed E-state index contributed by atoms with van der Waals surface area (Å²) in [6, 6.07) is 7.76. The number of rotatable bonds is 2. The average Bonchev–Trinajstić information content (AvgIpc) is 2.24. The highest BCUT2D eigenvalue weighted by Crippen LogP contribution is 2.22. The molecule has 0 fully saturated rings. The minimum absolute atomic E-state index is 0.0533. The van der Waals surface area contributed by atoms with Gasteiger partial charge in [-0.2, -0.15) is 4.98 Å². The molecule has 0 saturated heterocycles. The van der Waals surface area contributed by atoms with Gasteiger partial charge in [-0.15, -0.1) is 10.2 Å². The second-order valence-electron chi connectivity index (χ2n) is 2.86. The van der Waals surface area contributed by atoms with Crippen molar-refractivity contribution in [1.29, 1.82) is 0 Å². The number of hydrogen-bond acceptors (Lipinski definition) is 4. The van der Waals surface area contributed by atoms with Crippen molar-refractivity contribution in [2.24, 2.45) is 0 Å². The van der Waals surface area contributed by atoms with Crippen LogP contribution in [-0.2, 0) is 0 Å². The van der Waals surface area contributed by atoms with Crippen LogP contribution in [0.4, 0.5) is 11.5 Å². The Labute approximate surface area is 116 Å². The molecule has 0 aliphatic rings. The van der Waals surface area contributed by atoms with Gasteiger partial charge in [-0.3, -0.25) is 0 Å². The Hall–Kier alpha value is -0.660. The molecule has 1 aromatic heterocycles. The molecule has 0 radical (unpaired) electrons. The van der Waals surface area contributed by atoms with Crippen LogP contribution in [0.5, 0.6) is 0 Å². The molecule has 0 unspecified atom stereocenters. The predicted molar refractivity (Wildman–Crippen MR) is 72.3 cm³/mol. The lowest BCUT2D eigenvalue weighted by molar-refractivity contribution is 0.975. The van der Waals surface area contributed by atoms with Crippen LogP contribution >= 0.6 is 45.8 Å². The molecule has 0 aliphatic heterocycles. The van der Waals surface area contributed by atoms with Crippen LogP contribution < -0.4 is 5.32 Å². The van der Waals surface area contributed by atoms with E-state index in [0.717, 1.165) is 9.26 Å². The highest BCUT2D eigenvalue weighted by Gasteiger charge is 2.06. The highest BCUT2D eigenvalue weighted by atomic mass is 127. The number of aromatic nitrogens is 3. The smallest absolute Gasteiger partial charge is 0.245 e. The second-order valence-corrected chi connectivity index (χ2v) is 4.80. The fourth-order valence-electron chi connectivity index (χ4n) is 1.08. The molecule has 0 atom stereocenters. The Balaban J connectivity index is 2.30. The van der Waals surface area contributed by atoms with Crippen LogP contribution in [0.2, 0.25) is 10.4 Å². The van der Waals surface area contributed by atoms with Crippen LogP contribution in [0.25, 0.3) is 0 Å². The molecule has 2 rings (SSSR count). The molecule has 2 aromatic rings. The van der Waals surface area contributed by atoms with Gasteiger partial charge in [0.15, 0.2) is 11.0 Å². The molecule has 0 saturated carbocycles. The molecule has 4 nitrogen and oxygen atoms in total. The van der Waals surface area contributed by atoms with Crippen molar-refractivity contribution < 1.29 is 0 Å². The Kier molecular flexibility index (Phi) is 3.78. The van der Waals surface area contributed by atoms with Crippen molar-refractivity contribution >= 4 is 57.3 Å². The number of halogens is 3. The van der Waals surface area contributed by atoms with E-state index in [0.29, 0.717) is 5.82 Å². The summed E-state index contributed by atoms with van der Waals surface area (Å²) in [5, 5.41) is 10.4. The minimum atomic E-state index is 0.0533. The van der Waals surface area contributed by atoms with Crippen molar-refractivity contribution in [3.05, 3.63) is 38.3 Å². The third-order valence-corrected chi connectivity index (χ3v) is 2.79. The highest BCUT2D eigenvalue weighted by molar-refractivity contribution is 14.1. The first-order valence-corrected chi connectivity index (χ1v) is 6.07. The zero-order valence-corrected chi connectivity index (χ0v) is 11.5. The molecule has 16 heavy (non-hydrogen) atoms. The van der Waals surface area contributed by atoms with E-state index < -0.39 is 0 Å². The SMILES string of the molecule is Clc1nnc(Cl)c(Nc2cccc(I)c2)n1. The van der Waals surface area contributed by atoms with Gasteiger partial charge >= 0.3 is 0 Å². The van der Waals surface area contributed by atoms with E-state index in [1.807, 2.05) is 24.3 Å². The molecule has 1 heterocycles. The summed E-state index contributed by atoms with van der Waals surface area (Å²) in [6.07, 6.45) is 0. The van der Waals surface area contributed by atoms with E-state index in [9.17, 15) is 0 Å². The third-order valence-electron chi connectivity index (χ3n) is 1.71. The maximum atomic E-state index is 5.83. The lowest BCUT2D eigenvalue weighted by Crippen LogP contribution is -1.98. The molecule has 82 valence electrons. The van der Waals surface area contributed by atoms with Gasteiger partial charge in [0, 0.05) is 9.26 Å². The Morgan fingerprint density at radius 1 is 1.19 bits per heavy atom. The number of hydrogen-bond donors (Lipinski definition) is 1. The summed E-state index contributed by atoms with van der Waals surface area (Å²) >= 11 is 13.7. The van der Waals surface area contributed by atoms with Gasteiger partial charge in [0.05, 0.1) is 0 Å². The molecule has 0 aliphatic carbocycles. The molecule has 7 heteroatoms. The van der Waals surface area contributed by atoms with Gasteiger partial charge in [-0.1, -0.05) is 17.7 Å². The van der Waals surface area contributed by atoms with Gasteiger partial charge in [0.1, 0.15) is 0 Å². The van der Waals surface area contributed by atoms with Crippen molar-refractivity contribution in [3.63, 3.8) is 0 Å². The van der Waals surface area contributed by atoms with Gasteiger partial charge in [-0.25, -0.2) is 0 Å². The third kappa shape index (κ3) is 2.93. The lowest BCUT2D eigenvalue weighted by atomic mass is 10.3. The summed E-state index contributed by atoms with van der Waals surface area (Å²) in [5.41, 5.74) is 0.866. The van der Waals surface area contributed by atoms with Crippen LogP contribution in [0.1, 0.15) is 0 Å². The van der Waals surface area contributed by atoms with E-state index in [1.54, 1.807) is 0 Å². The predicted octanol–water partition coefficient (Wildman–Crippen LogP) is 3.53. The first-order chi connectivity index (χ1) is 7.65. The molecule has 1 N–H and O–H groups in total. The van der Waals surface area contributed by atoms with Crippen molar-refractivity contribution in [1.82, 2.24) is 15.2 Å². The molecule has 0 amide bonds. The van der Waals surface area contributed by atoms with Crippen LogP contribution in [-0.4, -0.2) is 15.2 Å². The fraction of sp³-hybridized carbons (Fsp3) is 0. The zero-order chi connectivity index (χ0) is 11.5. The monoisotopic (exact) mass is 366 g/mol. The van der Waals surface area contributed by atoms with E-state index in [-0.39, 0.29) is 10.4 Å². The molecule has 1 aromatic carbocycles. The van der Waals surface area contributed by atoms with Gasteiger partial charge in [0.25, 0.3) is 0 Å². The summed E-state index contributed by atoms with van der Waals surface area (Å²) in [6.45, 7) is 0. The maximum absolute atomic E-state index is 5.83. The lowest BCUT2D eigenvalue weighted by Gasteiger charge is -2.06. The van der Waals surface area contributed by atoms with Gasteiger partial charge in [0.2, 0.25) is 5.28 Å². The quantitative estimate of drug-likeness (QED) is 0.826. The standard InChI is InChI=1S/C9H5Cl2IN4/c10-7-8(14-9(11)16-15-7)13-6-3-1-2-5(12)4-6/h1-4H,(H,13,14,16). The summed E-state index contributed by atoms with van der Waals surface area (Å²) < 4.78 is 1.10. The topological polar surface area (TPSA) is 50.7 Å². The zero-order valence-electron chi connectivity index (χ0n) is 7.78. The van der Waals surface area contributed by atoms with E-state index in [1.165, 1.54) is 0 Å². The number of nitrogens with one attached hydrogen (secondary N) is 1. The number of anilines is 2. The summed E-state index contributed by atoms with van der Waals surface area (Å²) in [7, 11) is 0. The van der Waals surface area contributed by atoms with E-state index in [4.69, 9.17) is 23.2 Å². The van der Waals surface area contributed by atoms with Crippen molar-refractivity contribution in [2.45, 2.75) is 0 Å². The first-order valence-electron chi connectivity index (χ1n) is 4.23. The normalized spacial score (nSPS) is 10.2. The second kappa shape index (κ2) is 5.11. The first kappa shape index (κ1) is 11.8. The van der Waals surface area contributed by atoms with Crippen molar-refractivity contribution in [3.8, 4) is 0 Å². The molecule has 0 spiro atoms. The molecule has 0 bridgehead atoms. The van der Waals surface area contributed by atoms with Crippen LogP contribution in [0.15, 0.2) is 24.3 Å². The summed E-state index contributed by atoms with van der Waals surface area (Å²) in [4.78, 5) is 3.94. The Morgan fingerprint density at radius 3 is 2.75 bits per heavy atom. The van der Waals surface area contributed by atoms with Crippen LogP contribution in [0.3, 0.4) is 0 Å². The number of nitrogens with zero attached hydrogens (tertiary/aromatic N) is 3. The fourth-order valence-corrected chi connectivity index (χ4v) is 1.87. The van der Waals surface area contributed by atoms with E-state index >= 15 is 0 Å². The van der Waals surface area contributed by atoms with Crippen molar-refractivity contribution in [2.75, 3.05) is 5.32 Å². The molecular formula is C9H5Cl2IN4. The van der Waals surface area contributed by atoms with Crippen LogP contribution in [0, 0.1) is 3.57 Å². The number of benzene rings is 1. The van der Waals surface area contributed by atoms with Gasteiger partial charge < -0.3 is 5.32 Å². The maximum Gasteiger partial charge on any atom is 0.245 e. The molecular weight excluding hydrogens is 362 g/mol. The Morgan fingerprint density at radius 2 is 2.00 bits per heavy atom. The van der Waals surface area contributed by atoms with E-state index in [2.05, 4.69) is 43.1 Å². The Bertz CT molecular complexity index is 521. The van der Waals surface area contributed by atoms with Gasteiger partial charge in [-0.05, 0) is 52.4 Å². The summed E-state index contributed by atoms with van der Waals surface area (Å²) in [5.74, 6) is 0.392.